The number of aromatic nitrogens is 5. The molecule has 120 valence electrons. The minimum absolute atomic E-state index is 0.378. The van der Waals surface area contributed by atoms with Crippen molar-refractivity contribution in [1.82, 2.24) is 24.8 Å². The SMILES string of the molecule is CN1CCOc2c1c(Cl)nn1c(-c3ccc4[nH]ccc4c3)nnc21. The molecule has 5 rings (SSSR count). The summed E-state index contributed by atoms with van der Waals surface area (Å²) in [5, 5.41) is 14.5. The summed E-state index contributed by atoms with van der Waals surface area (Å²) < 4.78 is 7.45. The number of rotatable bonds is 1. The Kier molecular flexibility index (Phi) is 2.75. The standard InChI is InChI=1S/C16H13ClN6O/c1-22-6-7-24-13-12(22)14(17)21-23-15(19-20-16(13)23)10-2-3-11-9(8-10)4-5-18-11/h2-5,8,18H,6-7H2,1H3. The van der Waals surface area contributed by atoms with Crippen molar-refractivity contribution < 1.29 is 4.74 Å². The first-order chi connectivity index (χ1) is 11.7. The summed E-state index contributed by atoms with van der Waals surface area (Å²) >= 11 is 6.40. The first kappa shape index (κ1) is 13.6. The van der Waals surface area contributed by atoms with Gasteiger partial charge in [-0.25, -0.2) is 0 Å². The molecule has 3 aromatic heterocycles. The molecule has 0 spiro atoms. The van der Waals surface area contributed by atoms with Crippen molar-refractivity contribution in [3.05, 3.63) is 35.6 Å². The summed E-state index contributed by atoms with van der Waals surface area (Å²) in [6.07, 6.45) is 1.91. The summed E-state index contributed by atoms with van der Waals surface area (Å²) in [6.45, 7) is 1.34. The number of ether oxygens (including phenoxy) is 1. The first-order valence-electron chi connectivity index (χ1n) is 7.59. The Morgan fingerprint density at radius 3 is 3.08 bits per heavy atom. The second kappa shape index (κ2) is 4.85. The predicted octanol–water partition coefficient (Wildman–Crippen LogP) is 2.75. The molecule has 8 heteroatoms. The summed E-state index contributed by atoms with van der Waals surface area (Å²) in [5.74, 6) is 1.26. The van der Waals surface area contributed by atoms with Crippen LogP contribution < -0.4 is 9.64 Å². The van der Waals surface area contributed by atoms with Gasteiger partial charge in [-0.1, -0.05) is 11.6 Å². The van der Waals surface area contributed by atoms with E-state index in [0.29, 0.717) is 29.0 Å². The van der Waals surface area contributed by atoms with Gasteiger partial charge in [0.1, 0.15) is 12.3 Å². The maximum Gasteiger partial charge on any atom is 0.222 e. The average Bonchev–Trinajstić information content (AvgIpc) is 3.20. The van der Waals surface area contributed by atoms with Gasteiger partial charge in [0.05, 0.1) is 6.54 Å². The van der Waals surface area contributed by atoms with Gasteiger partial charge in [-0.05, 0) is 24.3 Å². The van der Waals surface area contributed by atoms with Gasteiger partial charge in [0.2, 0.25) is 5.65 Å². The molecule has 0 unspecified atom stereocenters. The van der Waals surface area contributed by atoms with E-state index in [1.54, 1.807) is 4.52 Å². The second-order valence-corrected chi connectivity index (χ2v) is 6.14. The van der Waals surface area contributed by atoms with E-state index in [9.17, 15) is 0 Å². The van der Waals surface area contributed by atoms with Crippen LogP contribution in [0.5, 0.6) is 5.75 Å². The van der Waals surface area contributed by atoms with Crippen LogP contribution in [-0.4, -0.2) is 45.0 Å². The molecule has 24 heavy (non-hydrogen) atoms. The minimum Gasteiger partial charge on any atom is -0.486 e. The van der Waals surface area contributed by atoms with Crippen molar-refractivity contribution in [1.29, 1.82) is 0 Å². The molecule has 4 aromatic rings. The lowest BCUT2D eigenvalue weighted by atomic mass is 10.1. The molecular weight excluding hydrogens is 328 g/mol. The zero-order valence-corrected chi connectivity index (χ0v) is 13.6. The van der Waals surface area contributed by atoms with E-state index < -0.39 is 0 Å². The largest absolute Gasteiger partial charge is 0.486 e. The smallest absolute Gasteiger partial charge is 0.222 e. The number of fused-ring (bicyclic) bond motifs is 4. The van der Waals surface area contributed by atoms with Gasteiger partial charge in [0.25, 0.3) is 0 Å². The summed E-state index contributed by atoms with van der Waals surface area (Å²) in [4.78, 5) is 5.20. The Labute approximate surface area is 141 Å². The molecule has 1 aliphatic heterocycles. The van der Waals surface area contributed by atoms with Crippen molar-refractivity contribution in [2.45, 2.75) is 0 Å². The molecule has 0 radical (unpaired) electrons. The van der Waals surface area contributed by atoms with Crippen LogP contribution in [0, 0.1) is 0 Å². The van der Waals surface area contributed by atoms with Crippen molar-refractivity contribution in [2.24, 2.45) is 0 Å². The minimum atomic E-state index is 0.378. The van der Waals surface area contributed by atoms with Crippen LogP contribution in [0.4, 0.5) is 5.69 Å². The third kappa shape index (κ3) is 1.81. The molecule has 4 heterocycles. The van der Waals surface area contributed by atoms with Crippen molar-refractivity contribution in [3.63, 3.8) is 0 Å². The Hall–Kier alpha value is -2.80. The Morgan fingerprint density at radius 2 is 2.17 bits per heavy atom. The van der Waals surface area contributed by atoms with Gasteiger partial charge in [-0.15, -0.1) is 15.3 Å². The molecule has 1 aromatic carbocycles. The van der Waals surface area contributed by atoms with Crippen LogP contribution in [0.2, 0.25) is 5.15 Å². The average molecular weight is 341 g/mol. The molecule has 0 bridgehead atoms. The molecule has 0 saturated heterocycles. The molecule has 7 nitrogen and oxygen atoms in total. The molecule has 0 aliphatic carbocycles. The van der Waals surface area contributed by atoms with Gasteiger partial charge in [-0.3, -0.25) is 0 Å². The number of H-pyrrole nitrogens is 1. The molecule has 0 amide bonds. The number of hydrogen-bond donors (Lipinski definition) is 1. The number of anilines is 1. The molecule has 0 saturated carbocycles. The van der Waals surface area contributed by atoms with Crippen LogP contribution in [0.15, 0.2) is 30.5 Å². The molecule has 1 N–H and O–H groups in total. The quantitative estimate of drug-likeness (QED) is 0.577. The fourth-order valence-corrected chi connectivity index (χ4v) is 3.39. The van der Waals surface area contributed by atoms with E-state index in [0.717, 1.165) is 28.7 Å². The first-order valence-corrected chi connectivity index (χ1v) is 7.96. The van der Waals surface area contributed by atoms with Gasteiger partial charge in [0.15, 0.2) is 16.7 Å². The fraction of sp³-hybridized carbons (Fsp3) is 0.188. The highest BCUT2D eigenvalue weighted by Crippen LogP contribution is 2.39. The fourth-order valence-electron chi connectivity index (χ4n) is 3.08. The van der Waals surface area contributed by atoms with E-state index in [1.165, 1.54) is 0 Å². The Morgan fingerprint density at radius 1 is 1.25 bits per heavy atom. The van der Waals surface area contributed by atoms with Crippen LogP contribution in [0.3, 0.4) is 0 Å². The monoisotopic (exact) mass is 340 g/mol. The van der Waals surface area contributed by atoms with E-state index in [4.69, 9.17) is 16.3 Å². The van der Waals surface area contributed by atoms with Gasteiger partial charge >= 0.3 is 0 Å². The highest BCUT2D eigenvalue weighted by Gasteiger charge is 2.26. The van der Waals surface area contributed by atoms with Gasteiger partial charge in [-0.2, -0.15) is 4.52 Å². The summed E-state index contributed by atoms with van der Waals surface area (Å²) in [7, 11) is 1.96. The normalized spacial score (nSPS) is 14.2. The summed E-state index contributed by atoms with van der Waals surface area (Å²) in [5.41, 5.74) is 3.32. The topological polar surface area (TPSA) is 71.3 Å². The Balaban J connectivity index is 1.77. The highest BCUT2D eigenvalue weighted by molar-refractivity contribution is 6.32. The Bertz CT molecular complexity index is 1080. The molecule has 0 atom stereocenters. The zero-order valence-electron chi connectivity index (χ0n) is 12.8. The van der Waals surface area contributed by atoms with E-state index in [2.05, 4.69) is 20.3 Å². The van der Waals surface area contributed by atoms with Crippen LogP contribution in [-0.2, 0) is 0 Å². The van der Waals surface area contributed by atoms with Gasteiger partial charge < -0.3 is 14.6 Å². The summed E-state index contributed by atoms with van der Waals surface area (Å²) in [6, 6.07) is 8.06. The molecule has 0 fully saturated rings. The number of benzene rings is 1. The maximum absolute atomic E-state index is 6.40. The van der Waals surface area contributed by atoms with E-state index in [-0.39, 0.29) is 0 Å². The number of nitrogens with one attached hydrogen (secondary N) is 1. The number of likely N-dealkylation sites (N-methyl/N-ethyl adjacent to an activating group) is 1. The van der Waals surface area contributed by atoms with Crippen LogP contribution >= 0.6 is 11.6 Å². The number of halogens is 1. The van der Waals surface area contributed by atoms with Crippen molar-refractivity contribution in [3.8, 4) is 17.1 Å². The van der Waals surface area contributed by atoms with E-state index >= 15 is 0 Å². The maximum atomic E-state index is 6.40. The molecular formula is C16H13ClN6O. The number of aromatic amines is 1. The second-order valence-electron chi connectivity index (χ2n) is 5.78. The van der Waals surface area contributed by atoms with Crippen LogP contribution in [0.1, 0.15) is 0 Å². The third-order valence-corrected chi connectivity index (χ3v) is 4.56. The van der Waals surface area contributed by atoms with Gasteiger partial charge in [0, 0.05) is 29.7 Å². The predicted molar refractivity (Wildman–Crippen MR) is 91.8 cm³/mol. The zero-order chi connectivity index (χ0) is 16.3. The number of hydrogen-bond acceptors (Lipinski definition) is 5. The van der Waals surface area contributed by atoms with E-state index in [1.807, 2.05) is 42.4 Å². The highest BCUT2D eigenvalue weighted by atomic mass is 35.5. The molecule has 1 aliphatic rings. The lowest BCUT2D eigenvalue weighted by Gasteiger charge is -2.27. The lowest BCUT2D eigenvalue weighted by Crippen LogP contribution is -2.30. The lowest BCUT2D eigenvalue weighted by molar-refractivity contribution is 0.312. The number of nitrogens with zero attached hydrogens (tertiary/aromatic N) is 5. The van der Waals surface area contributed by atoms with Crippen molar-refractivity contribution in [2.75, 3.05) is 25.1 Å². The van der Waals surface area contributed by atoms with Crippen LogP contribution in [0.25, 0.3) is 27.9 Å². The third-order valence-electron chi connectivity index (χ3n) is 4.31. The van der Waals surface area contributed by atoms with Crippen molar-refractivity contribution >= 4 is 33.8 Å².